The third-order valence-corrected chi connectivity index (χ3v) is 7.95. The summed E-state index contributed by atoms with van der Waals surface area (Å²) in [6, 6.07) is 11.4. The number of anilines is 1. The Labute approximate surface area is 208 Å². The lowest BCUT2D eigenvalue weighted by atomic mass is 10.0. The standard InChI is InChI=1S/C23H30Cl2N4O3S/c1-27(19(15-28-11-7-8-12-28)16-9-5-4-6-10-16)20(30)14-17-13-18(24)21(25)23(22(17)26)29(2,3)33(31)32/h4-6,9-10,13,19H,7-8,11-12,14-15,26H2,1-3H3/t19-/m1/s1. The maximum atomic E-state index is 13.4. The Hall–Kier alpha value is -1.68. The number of nitrogens with zero attached hydrogens (tertiary/aromatic N) is 3. The quantitative estimate of drug-likeness (QED) is 0.330. The van der Waals surface area contributed by atoms with Gasteiger partial charge in [-0.05, 0) is 43.1 Å². The molecule has 0 aromatic heterocycles. The van der Waals surface area contributed by atoms with E-state index in [1.54, 1.807) is 18.0 Å². The van der Waals surface area contributed by atoms with Gasteiger partial charge in [-0.15, -0.1) is 0 Å². The average Bonchev–Trinajstić information content (AvgIpc) is 3.29. The second-order valence-corrected chi connectivity index (χ2v) is 10.9. The van der Waals surface area contributed by atoms with Crippen LogP contribution in [0.5, 0.6) is 0 Å². The van der Waals surface area contributed by atoms with Crippen LogP contribution in [0.15, 0.2) is 36.4 Å². The number of nitrogens with two attached hydrogens (primary N) is 1. The highest BCUT2D eigenvalue weighted by atomic mass is 35.5. The number of nitrogen functional groups attached to an aromatic ring is 1. The van der Waals surface area contributed by atoms with Crippen LogP contribution >= 0.6 is 23.2 Å². The summed E-state index contributed by atoms with van der Waals surface area (Å²) in [7, 11) is 4.67. The van der Waals surface area contributed by atoms with Crippen LogP contribution in [0.4, 0.5) is 11.4 Å². The van der Waals surface area contributed by atoms with E-state index in [1.165, 1.54) is 14.1 Å². The molecule has 0 saturated carbocycles. The number of likely N-dealkylation sites (tertiary alicyclic amines) is 1. The van der Waals surface area contributed by atoms with Gasteiger partial charge in [0.1, 0.15) is 10.7 Å². The average molecular weight is 513 g/mol. The van der Waals surface area contributed by atoms with E-state index in [9.17, 15) is 13.6 Å². The van der Waals surface area contributed by atoms with E-state index < -0.39 is 15.2 Å². The zero-order valence-corrected chi connectivity index (χ0v) is 21.4. The Balaban J connectivity index is 1.91. The molecular formula is C23H30Cl2N4O3S. The smallest absolute Gasteiger partial charge is 0.227 e. The minimum Gasteiger partial charge on any atom is -0.724 e. The number of benzene rings is 2. The zero-order valence-electron chi connectivity index (χ0n) is 19.1. The molecule has 1 aliphatic heterocycles. The van der Waals surface area contributed by atoms with Crippen LogP contribution < -0.4 is 9.62 Å². The first kappa shape index (κ1) is 25.9. The number of hydrogen-bond donors (Lipinski definition) is 1. The molecule has 0 aliphatic carbocycles. The van der Waals surface area contributed by atoms with E-state index in [-0.39, 0.29) is 39.8 Å². The number of carbonyl (C=O) groups is 1. The number of amides is 1. The van der Waals surface area contributed by atoms with Gasteiger partial charge in [-0.1, -0.05) is 53.5 Å². The van der Waals surface area contributed by atoms with Gasteiger partial charge in [0.05, 0.1) is 31.6 Å². The van der Waals surface area contributed by atoms with E-state index in [0.29, 0.717) is 5.56 Å². The van der Waals surface area contributed by atoms with Crippen LogP contribution in [-0.4, -0.2) is 65.2 Å². The fraction of sp³-hybridized carbons (Fsp3) is 0.435. The molecule has 3 rings (SSSR count). The minimum absolute atomic E-state index is 0.0267. The number of carbonyl (C=O) groups excluding carboxylic acids is 1. The highest BCUT2D eigenvalue weighted by Gasteiger charge is 2.32. The number of hydrogen-bond acceptors (Lipinski definition) is 5. The lowest BCUT2D eigenvalue weighted by Gasteiger charge is -2.33. The summed E-state index contributed by atoms with van der Waals surface area (Å²) in [5.74, 6) is -0.146. The molecule has 0 bridgehead atoms. The maximum Gasteiger partial charge on any atom is 0.227 e. The van der Waals surface area contributed by atoms with Crippen molar-refractivity contribution in [1.29, 1.82) is 0 Å². The predicted molar refractivity (Wildman–Crippen MR) is 135 cm³/mol. The molecular weight excluding hydrogens is 483 g/mol. The Morgan fingerprint density at radius 1 is 1.24 bits per heavy atom. The second-order valence-electron chi connectivity index (χ2n) is 8.78. The topological polar surface area (TPSA) is 89.7 Å². The molecule has 1 aliphatic rings. The molecule has 1 amide bonds. The van der Waals surface area contributed by atoms with Gasteiger partial charge in [-0.2, -0.15) is 0 Å². The molecule has 0 spiro atoms. The van der Waals surface area contributed by atoms with Crippen LogP contribution in [0.2, 0.25) is 10.0 Å². The summed E-state index contributed by atoms with van der Waals surface area (Å²) >= 11 is 10.1. The van der Waals surface area contributed by atoms with Crippen molar-refractivity contribution in [2.45, 2.75) is 25.3 Å². The van der Waals surface area contributed by atoms with Gasteiger partial charge < -0.3 is 20.1 Å². The van der Waals surface area contributed by atoms with Crippen molar-refractivity contribution in [2.24, 2.45) is 0 Å². The fourth-order valence-electron chi connectivity index (χ4n) is 4.22. The summed E-state index contributed by atoms with van der Waals surface area (Å²) in [4.78, 5) is 17.5. The first-order chi connectivity index (χ1) is 15.5. The van der Waals surface area contributed by atoms with Gasteiger partial charge in [0.25, 0.3) is 0 Å². The summed E-state index contributed by atoms with van der Waals surface area (Å²) in [5, 5.41) is 0.212. The van der Waals surface area contributed by atoms with E-state index >= 15 is 0 Å². The van der Waals surface area contributed by atoms with Gasteiger partial charge in [-0.3, -0.25) is 4.79 Å². The molecule has 7 nitrogen and oxygen atoms in total. The van der Waals surface area contributed by atoms with Crippen molar-refractivity contribution < 1.29 is 13.6 Å². The second kappa shape index (κ2) is 10.7. The van der Waals surface area contributed by atoms with E-state index in [1.807, 2.05) is 30.3 Å². The van der Waals surface area contributed by atoms with Crippen molar-refractivity contribution in [2.75, 3.05) is 46.5 Å². The normalized spacial score (nSPS) is 16.5. The molecule has 2 aromatic rings. The lowest BCUT2D eigenvalue weighted by Crippen LogP contribution is -2.43. The van der Waals surface area contributed by atoms with Gasteiger partial charge >= 0.3 is 0 Å². The number of rotatable bonds is 8. The monoisotopic (exact) mass is 512 g/mol. The first-order valence-corrected chi connectivity index (χ1v) is 12.6. The Morgan fingerprint density at radius 3 is 2.42 bits per heavy atom. The Bertz CT molecular complexity index is 1030. The van der Waals surface area contributed by atoms with Crippen LogP contribution in [0.1, 0.15) is 30.0 Å². The van der Waals surface area contributed by atoms with Gasteiger partial charge in [0, 0.05) is 13.6 Å². The van der Waals surface area contributed by atoms with Crippen LogP contribution in [0.25, 0.3) is 0 Å². The van der Waals surface area contributed by atoms with E-state index in [4.69, 9.17) is 28.9 Å². The molecule has 1 heterocycles. The molecule has 2 atom stereocenters. The molecule has 2 aromatic carbocycles. The third-order valence-electron chi connectivity index (χ3n) is 6.25. The molecule has 0 radical (unpaired) electrons. The van der Waals surface area contributed by atoms with Gasteiger partial charge in [0.2, 0.25) is 5.91 Å². The van der Waals surface area contributed by atoms with E-state index in [2.05, 4.69) is 4.90 Å². The molecule has 10 heteroatoms. The van der Waals surface area contributed by atoms with Crippen LogP contribution in [0.3, 0.4) is 0 Å². The predicted octanol–water partition coefficient (Wildman–Crippen LogP) is 3.77. The first-order valence-electron chi connectivity index (χ1n) is 10.8. The van der Waals surface area contributed by atoms with Crippen LogP contribution in [0, 0.1) is 0 Å². The molecule has 2 N–H and O–H groups in total. The molecule has 1 unspecified atom stereocenters. The lowest BCUT2D eigenvalue weighted by molar-refractivity contribution is -0.131. The molecule has 1 saturated heterocycles. The summed E-state index contributed by atoms with van der Waals surface area (Å²) in [6.07, 6.45) is 2.30. The van der Waals surface area contributed by atoms with Crippen molar-refractivity contribution >= 4 is 51.8 Å². The van der Waals surface area contributed by atoms with Crippen molar-refractivity contribution in [3.05, 3.63) is 57.6 Å². The summed E-state index contributed by atoms with van der Waals surface area (Å²) < 4.78 is 23.0. The van der Waals surface area contributed by atoms with E-state index in [0.717, 1.165) is 38.0 Å². The molecule has 1 fully saturated rings. The number of quaternary nitrogens is 1. The number of likely N-dealkylation sites (N-methyl/N-ethyl adjacent to an activating group) is 1. The molecule has 33 heavy (non-hydrogen) atoms. The van der Waals surface area contributed by atoms with Crippen molar-refractivity contribution in [3.63, 3.8) is 0 Å². The largest absolute Gasteiger partial charge is 0.724 e. The summed E-state index contributed by atoms with van der Waals surface area (Å²) in [5.41, 5.74) is 8.14. The maximum absolute atomic E-state index is 13.4. The Kier molecular flexibility index (Phi) is 8.42. The zero-order chi connectivity index (χ0) is 24.3. The van der Waals surface area contributed by atoms with Gasteiger partial charge in [0.15, 0.2) is 17.0 Å². The highest BCUT2D eigenvalue weighted by molar-refractivity contribution is 7.78. The fourth-order valence-corrected chi connectivity index (χ4v) is 5.20. The highest BCUT2D eigenvalue weighted by Crippen LogP contribution is 2.43. The van der Waals surface area contributed by atoms with Crippen LogP contribution in [-0.2, 0) is 22.5 Å². The van der Waals surface area contributed by atoms with Crippen molar-refractivity contribution in [1.82, 2.24) is 13.7 Å². The number of halogens is 2. The van der Waals surface area contributed by atoms with Crippen molar-refractivity contribution in [3.8, 4) is 0 Å². The Morgan fingerprint density at radius 2 is 1.85 bits per heavy atom. The SMILES string of the molecule is CN(C(=O)Cc1cc(Cl)c(Cl)c([N+](C)(C)S(=O)[O-])c1N)[C@H](CN1CCCC1)c1ccccc1. The minimum atomic E-state index is -2.56. The molecule has 180 valence electrons. The third kappa shape index (κ3) is 5.70. The summed E-state index contributed by atoms with van der Waals surface area (Å²) in [6.45, 7) is 2.79. The van der Waals surface area contributed by atoms with Gasteiger partial charge in [-0.25, -0.2) is 8.10 Å².